The van der Waals surface area contributed by atoms with Gasteiger partial charge >= 0.3 is 5.97 Å². The molecule has 6 nitrogen and oxygen atoms in total. The van der Waals surface area contributed by atoms with Crippen molar-refractivity contribution in [3.05, 3.63) is 23.5 Å². The Kier molecular flexibility index (Phi) is 3.92. The molecule has 0 aliphatic carbocycles. The van der Waals surface area contributed by atoms with Gasteiger partial charge in [0, 0.05) is 31.9 Å². The molecule has 6 heteroatoms. The maximum Gasteiger partial charge on any atom is 0.308 e. The van der Waals surface area contributed by atoms with Crippen molar-refractivity contribution in [2.75, 3.05) is 13.1 Å². The lowest BCUT2D eigenvalue weighted by molar-refractivity contribution is -0.143. The number of aromatic nitrogens is 1. The van der Waals surface area contributed by atoms with Crippen LogP contribution in [0.4, 0.5) is 0 Å². The molecule has 0 bridgehead atoms. The van der Waals surface area contributed by atoms with E-state index < -0.39 is 11.9 Å². The van der Waals surface area contributed by atoms with E-state index >= 15 is 0 Å². The smallest absolute Gasteiger partial charge is 0.308 e. The Morgan fingerprint density at radius 3 is 2.60 bits per heavy atom. The molecule has 1 aromatic rings. The molecule has 1 aliphatic rings. The number of carbonyl (C=O) groups is 3. The molecule has 108 valence electrons. The number of ketones is 1. The van der Waals surface area contributed by atoms with Gasteiger partial charge < -0.3 is 14.6 Å². The number of likely N-dealkylation sites (tertiary alicyclic amines) is 1. The van der Waals surface area contributed by atoms with Gasteiger partial charge in [-0.25, -0.2) is 0 Å². The van der Waals surface area contributed by atoms with Gasteiger partial charge in [-0.05, 0) is 25.8 Å². The van der Waals surface area contributed by atoms with Gasteiger partial charge in [0.1, 0.15) is 5.69 Å². The zero-order chi connectivity index (χ0) is 14.9. The number of hydrogen-bond donors (Lipinski definition) is 1. The van der Waals surface area contributed by atoms with Crippen LogP contribution in [0.25, 0.3) is 0 Å². The van der Waals surface area contributed by atoms with Crippen LogP contribution in [0.2, 0.25) is 0 Å². The first-order valence-electron chi connectivity index (χ1n) is 6.59. The highest BCUT2D eigenvalue weighted by Gasteiger charge is 2.29. The fourth-order valence-electron chi connectivity index (χ4n) is 2.49. The van der Waals surface area contributed by atoms with Crippen molar-refractivity contribution < 1.29 is 19.5 Å². The summed E-state index contributed by atoms with van der Waals surface area (Å²) < 4.78 is 1.61. The second-order valence-corrected chi connectivity index (χ2v) is 5.21. The van der Waals surface area contributed by atoms with Crippen LogP contribution in [0.15, 0.2) is 12.3 Å². The molecule has 1 N–H and O–H groups in total. The summed E-state index contributed by atoms with van der Waals surface area (Å²) in [7, 11) is 1.71. The molecule has 0 aromatic carbocycles. The summed E-state index contributed by atoms with van der Waals surface area (Å²) in [4.78, 5) is 36.3. The molecule has 0 radical (unpaired) electrons. The summed E-state index contributed by atoms with van der Waals surface area (Å²) in [5.74, 6) is -1.67. The summed E-state index contributed by atoms with van der Waals surface area (Å²) in [6, 6.07) is 1.56. The molecule has 2 heterocycles. The SMILES string of the molecule is CC(=O)c1cc(C(=O)N2CCC[C@H](C(=O)O)C2)n(C)c1. The highest BCUT2D eigenvalue weighted by molar-refractivity contribution is 5.99. The lowest BCUT2D eigenvalue weighted by Gasteiger charge is -2.30. The first-order valence-corrected chi connectivity index (χ1v) is 6.59. The Morgan fingerprint density at radius 1 is 1.35 bits per heavy atom. The molecule has 1 aliphatic heterocycles. The van der Waals surface area contributed by atoms with Crippen LogP contribution in [-0.4, -0.2) is 45.3 Å². The average Bonchev–Trinajstić information content (AvgIpc) is 2.80. The van der Waals surface area contributed by atoms with E-state index in [1.807, 2.05) is 0 Å². The number of hydrogen-bond acceptors (Lipinski definition) is 3. The molecule has 2 rings (SSSR count). The quantitative estimate of drug-likeness (QED) is 0.841. The van der Waals surface area contributed by atoms with E-state index in [9.17, 15) is 14.4 Å². The molecule has 1 saturated heterocycles. The van der Waals surface area contributed by atoms with Crippen molar-refractivity contribution in [1.82, 2.24) is 9.47 Å². The maximum atomic E-state index is 12.4. The lowest BCUT2D eigenvalue weighted by Crippen LogP contribution is -2.42. The third kappa shape index (κ3) is 2.74. The van der Waals surface area contributed by atoms with E-state index in [4.69, 9.17) is 5.11 Å². The molecule has 1 aromatic heterocycles. The number of aryl methyl sites for hydroxylation is 1. The van der Waals surface area contributed by atoms with E-state index in [0.717, 1.165) is 0 Å². The monoisotopic (exact) mass is 278 g/mol. The van der Waals surface area contributed by atoms with E-state index in [0.29, 0.717) is 30.6 Å². The number of aliphatic carboxylic acids is 1. The summed E-state index contributed by atoms with van der Waals surface area (Å²) >= 11 is 0. The summed E-state index contributed by atoms with van der Waals surface area (Å²) in [5.41, 5.74) is 0.906. The van der Waals surface area contributed by atoms with Gasteiger partial charge in [0.2, 0.25) is 0 Å². The first-order chi connectivity index (χ1) is 9.40. The molecule has 0 unspecified atom stereocenters. The normalized spacial score (nSPS) is 18.9. The van der Waals surface area contributed by atoms with Crippen LogP contribution in [0, 0.1) is 5.92 Å². The molecule has 1 atom stereocenters. The summed E-state index contributed by atoms with van der Waals surface area (Å²) in [5, 5.41) is 9.05. The van der Waals surface area contributed by atoms with Crippen LogP contribution in [0.3, 0.4) is 0 Å². The molecule has 0 spiro atoms. The number of piperidine rings is 1. The molecular formula is C14H18N2O4. The summed E-state index contributed by atoms with van der Waals surface area (Å²) in [6.45, 7) is 2.24. The van der Waals surface area contributed by atoms with Gasteiger partial charge in [0.15, 0.2) is 5.78 Å². The number of carboxylic acid groups (broad SMARTS) is 1. The van der Waals surface area contributed by atoms with Crippen LogP contribution < -0.4 is 0 Å². The van der Waals surface area contributed by atoms with Crippen LogP contribution >= 0.6 is 0 Å². The number of rotatable bonds is 3. The van der Waals surface area contributed by atoms with Gasteiger partial charge in [-0.3, -0.25) is 14.4 Å². The highest BCUT2D eigenvalue weighted by Crippen LogP contribution is 2.19. The fraction of sp³-hybridized carbons (Fsp3) is 0.500. The van der Waals surface area contributed by atoms with E-state index in [1.54, 1.807) is 28.8 Å². The minimum Gasteiger partial charge on any atom is -0.481 e. The number of Topliss-reactive ketones (excluding diaryl/α,β-unsaturated/α-hetero) is 1. The predicted molar refractivity (Wildman–Crippen MR) is 71.7 cm³/mol. The van der Waals surface area contributed by atoms with E-state index in [1.165, 1.54) is 6.92 Å². The number of nitrogens with zero attached hydrogens (tertiary/aromatic N) is 2. The zero-order valence-electron chi connectivity index (χ0n) is 11.6. The first kappa shape index (κ1) is 14.3. The third-order valence-electron chi connectivity index (χ3n) is 3.69. The van der Waals surface area contributed by atoms with Crippen molar-refractivity contribution >= 4 is 17.7 Å². The highest BCUT2D eigenvalue weighted by atomic mass is 16.4. The molecule has 1 fully saturated rings. The lowest BCUT2D eigenvalue weighted by atomic mass is 9.98. The topological polar surface area (TPSA) is 79.6 Å². The number of carbonyl (C=O) groups excluding carboxylic acids is 2. The van der Waals surface area contributed by atoms with Crippen LogP contribution in [-0.2, 0) is 11.8 Å². The molecular weight excluding hydrogens is 260 g/mol. The predicted octanol–water partition coefficient (Wildman–Crippen LogP) is 1.16. The van der Waals surface area contributed by atoms with Crippen molar-refractivity contribution in [3.63, 3.8) is 0 Å². The Morgan fingerprint density at radius 2 is 2.05 bits per heavy atom. The Labute approximate surface area is 117 Å². The van der Waals surface area contributed by atoms with E-state index in [-0.39, 0.29) is 18.2 Å². The van der Waals surface area contributed by atoms with Gasteiger partial charge in [0.05, 0.1) is 5.92 Å². The number of carboxylic acids is 1. The molecule has 1 amide bonds. The Bertz CT molecular complexity index is 562. The standard InChI is InChI=1S/C14H18N2O4/c1-9(17)11-6-12(15(2)7-11)13(18)16-5-3-4-10(8-16)14(19)20/h6-7,10H,3-5,8H2,1-2H3,(H,19,20)/t10-/m0/s1. The van der Waals surface area contributed by atoms with Crippen LogP contribution in [0.1, 0.15) is 40.6 Å². The second kappa shape index (κ2) is 5.48. The third-order valence-corrected chi connectivity index (χ3v) is 3.69. The van der Waals surface area contributed by atoms with Crippen molar-refractivity contribution in [2.45, 2.75) is 19.8 Å². The van der Waals surface area contributed by atoms with E-state index in [2.05, 4.69) is 0 Å². The van der Waals surface area contributed by atoms with Gasteiger partial charge in [0.25, 0.3) is 5.91 Å². The minimum absolute atomic E-state index is 0.0956. The maximum absolute atomic E-state index is 12.4. The van der Waals surface area contributed by atoms with Crippen molar-refractivity contribution in [1.29, 1.82) is 0 Å². The Hall–Kier alpha value is -2.11. The van der Waals surface area contributed by atoms with Gasteiger partial charge in [-0.1, -0.05) is 0 Å². The zero-order valence-corrected chi connectivity index (χ0v) is 11.6. The van der Waals surface area contributed by atoms with Gasteiger partial charge in [-0.15, -0.1) is 0 Å². The largest absolute Gasteiger partial charge is 0.481 e. The number of amides is 1. The van der Waals surface area contributed by atoms with Crippen molar-refractivity contribution in [2.24, 2.45) is 13.0 Å². The Balaban J connectivity index is 2.18. The average molecular weight is 278 g/mol. The summed E-state index contributed by atoms with van der Waals surface area (Å²) in [6.07, 6.45) is 2.91. The van der Waals surface area contributed by atoms with Gasteiger partial charge in [-0.2, -0.15) is 0 Å². The minimum atomic E-state index is -0.862. The van der Waals surface area contributed by atoms with Crippen molar-refractivity contribution in [3.8, 4) is 0 Å². The fourth-order valence-corrected chi connectivity index (χ4v) is 2.49. The molecule has 20 heavy (non-hydrogen) atoms. The molecule has 0 saturated carbocycles. The van der Waals surface area contributed by atoms with Crippen LogP contribution in [0.5, 0.6) is 0 Å². The second-order valence-electron chi connectivity index (χ2n) is 5.21.